The molecule has 2 aromatic heterocycles. The van der Waals surface area contributed by atoms with Crippen molar-refractivity contribution in [1.29, 1.82) is 0 Å². The summed E-state index contributed by atoms with van der Waals surface area (Å²) in [5, 5.41) is 15.6. The molecule has 2 heterocycles. The monoisotopic (exact) mass is 277 g/mol. The Morgan fingerprint density at radius 1 is 1.35 bits per heavy atom. The Bertz CT molecular complexity index is 622. The molecule has 0 unspecified atom stereocenters. The summed E-state index contributed by atoms with van der Waals surface area (Å²) in [6.45, 7) is 5.86. The van der Waals surface area contributed by atoms with Crippen LogP contribution in [0.5, 0.6) is 0 Å². The number of anilines is 1. The standard InChI is InChI=1S/C13H19N5O2/c1-5-6-11-12(18(19)20)13(16(4)14-11)15-17-9(2)7-8-10(17)3/h7-8,15H,5-6H2,1-4H3. The summed E-state index contributed by atoms with van der Waals surface area (Å²) in [5.41, 5.74) is 5.63. The normalized spacial score (nSPS) is 10.8. The Labute approximate surface area is 117 Å². The van der Waals surface area contributed by atoms with Gasteiger partial charge in [0.05, 0.1) is 4.92 Å². The van der Waals surface area contributed by atoms with Crippen molar-refractivity contribution in [3.63, 3.8) is 0 Å². The Morgan fingerprint density at radius 2 is 1.95 bits per heavy atom. The molecule has 0 aromatic carbocycles. The zero-order valence-electron chi connectivity index (χ0n) is 12.2. The van der Waals surface area contributed by atoms with Gasteiger partial charge < -0.3 is 0 Å². The van der Waals surface area contributed by atoms with E-state index < -0.39 is 0 Å². The second-order valence-corrected chi connectivity index (χ2v) is 4.84. The summed E-state index contributed by atoms with van der Waals surface area (Å²) in [5.74, 6) is 0.404. The van der Waals surface area contributed by atoms with E-state index in [1.165, 1.54) is 4.68 Å². The predicted molar refractivity (Wildman–Crippen MR) is 76.8 cm³/mol. The minimum Gasteiger partial charge on any atom is -0.272 e. The highest BCUT2D eigenvalue weighted by Gasteiger charge is 2.26. The van der Waals surface area contributed by atoms with Crippen LogP contribution in [0.2, 0.25) is 0 Å². The van der Waals surface area contributed by atoms with Crippen molar-refractivity contribution < 1.29 is 4.92 Å². The molecule has 108 valence electrons. The van der Waals surface area contributed by atoms with E-state index in [9.17, 15) is 10.1 Å². The minimum atomic E-state index is -0.367. The number of nitrogens with one attached hydrogen (secondary N) is 1. The van der Waals surface area contributed by atoms with Gasteiger partial charge in [-0.25, -0.2) is 4.68 Å². The maximum absolute atomic E-state index is 11.3. The van der Waals surface area contributed by atoms with Gasteiger partial charge in [0.25, 0.3) is 0 Å². The number of nitro groups is 1. The van der Waals surface area contributed by atoms with Crippen molar-refractivity contribution in [2.24, 2.45) is 7.05 Å². The van der Waals surface area contributed by atoms with E-state index in [-0.39, 0.29) is 10.6 Å². The van der Waals surface area contributed by atoms with Gasteiger partial charge in [0.1, 0.15) is 5.69 Å². The summed E-state index contributed by atoms with van der Waals surface area (Å²) in [6.07, 6.45) is 1.41. The lowest BCUT2D eigenvalue weighted by Crippen LogP contribution is -2.15. The van der Waals surface area contributed by atoms with E-state index in [1.54, 1.807) is 7.05 Å². The van der Waals surface area contributed by atoms with E-state index in [1.807, 2.05) is 37.6 Å². The quantitative estimate of drug-likeness (QED) is 0.673. The van der Waals surface area contributed by atoms with Crippen molar-refractivity contribution in [3.05, 3.63) is 39.3 Å². The number of rotatable bonds is 5. The molecule has 0 amide bonds. The zero-order chi connectivity index (χ0) is 14.9. The summed E-state index contributed by atoms with van der Waals surface area (Å²) >= 11 is 0. The Kier molecular flexibility index (Phi) is 3.78. The van der Waals surface area contributed by atoms with E-state index in [2.05, 4.69) is 10.5 Å². The van der Waals surface area contributed by atoms with Crippen LogP contribution in [-0.4, -0.2) is 19.4 Å². The second-order valence-electron chi connectivity index (χ2n) is 4.84. The number of aryl methyl sites for hydroxylation is 4. The first-order valence-corrected chi connectivity index (χ1v) is 6.58. The molecule has 0 atom stereocenters. The van der Waals surface area contributed by atoms with Gasteiger partial charge in [0.2, 0.25) is 5.82 Å². The molecule has 0 saturated heterocycles. The molecular formula is C13H19N5O2. The average Bonchev–Trinajstić information content (AvgIpc) is 2.85. The lowest BCUT2D eigenvalue weighted by Gasteiger charge is -2.11. The van der Waals surface area contributed by atoms with Gasteiger partial charge in [-0.3, -0.25) is 20.2 Å². The highest BCUT2D eigenvalue weighted by molar-refractivity contribution is 5.60. The highest BCUT2D eigenvalue weighted by Crippen LogP contribution is 2.29. The number of nitrogens with zero attached hydrogens (tertiary/aromatic N) is 4. The molecule has 0 radical (unpaired) electrons. The van der Waals surface area contributed by atoms with E-state index in [0.717, 1.165) is 17.8 Å². The third kappa shape index (κ3) is 2.38. The zero-order valence-corrected chi connectivity index (χ0v) is 12.2. The molecule has 1 N–H and O–H groups in total. The van der Waals surface area contributed by atoms with Crippen LogP contribution in [0.3, 0.4) is 0 Å². The first kappa shape index (κ1) is 14.1. The van der Waals surface area contributed by atoms with Gasteiger partial charge in [-0.05, 0) is 32.4 Å². The minimum absolute atomic E-state index is 0.0573. The van der Waals surface area contributed by atoms with Crippen LogP contribution in [0, 0.1) is 24.0 Å². The maximum Gasteiger partial charge on any atom is 0.335 e. The summed E-state index contributed by atoms with van der Waals surface area (Å²) in [7, 11) is 1.71. The molecule has 0 spiro atoms. The molecule has 0 fully saturated rings. The average molecular weight is 277 g/mol. The van der Waals surface area contributed by atoms with E-state index in [4.69, 9.17) is 0 Å². The van der Waals surface area contributed by atoms with Gasteiger partial charge in [0, 0.05) is 18.4 Å². The fraction of sp³-hybridized carbons (Fsp3) is 0.462. The summed E-state index contributed by atoms with van der Waals surface area (Å²) < 4.78 is 3.35. The van der Waals surface area contributed by atoms with Crippen LogP contribution in [-0.2, 0) is 13.5 Å². The molecule has 0 aliphatic rings. The van der Waals surface area contributed by atoms with Gasteiger partial charge >= 0.3 is 5.69 Å². The third-order valence-electron chi connectivity index (χ3n) is 3.25. The molecule has 0 bridgehead atoms. The lowest BCUT2D eigenvalue weighted by molar-refractivity contribution is -0.384. The van der Waals surface area contributed by atoms with Crippen molar-refractivity contribution >= 4 is 11.5 Å². The first-order chi connectivity index (χ1) is 9.45. The van der Waals surface area contributed by atoms with E-state index >= 15 is 0 Å². The molecule has 20 heavy (non-hydrogen) atoms. The fourth-order valence-electron chi connectivity index (χ4n) is 2.24. The number of hydrogen-bond donors (Lipinski definition) is 1. The number of hydrogen-bond acceptors (Lipinski definition) is 4. The lowest BCUT2D eigenvalue weighted by atomic mass is 10.2. The van der Waals surface area contributed by atoms with Crippen molar-refractivity contribution in [3.8, 4) is 0 Å². The molecule has 2 rings (SSSR count). The van der Waals surface area contributed by atoms with Crippen molar-refractivity contribution in [1.82, 2.24) is 14.5 Å². The molecule has 0 aliphatic carbocycles. The van der Waals surface area contributed by atoms with Gasteiger partial charge in [-0.2, -0.15) is 5.10 Å². The van der Waals surface area contributed by atoms with Crippen LogP contribution in [0.15, 0.2) is 12.1 Å². The Balaban J connectivity index is 2.48. The smallest absolute Gasteiger partial charge is 0.272 e. The molecule has 0 saturated carbocycles. The summed E-state index contributed by atoms with van der Waals surface area (Å²) in [6, 6.07) is 3.91. The van der Waals surface area contributed by atoms with Crippen LogP contribution >= 0.6 is 0 Å². The van der Waals surface area contributed by atoms with Crippen molar-refractivity contribution in [2.45, 2.75) is 33.6 Å². The van der Waals surface area contributed by atoms with Gasteiger partial charge in [-0.1, -0.05) is 13.3 Å². The van der Waals surface area contributed by atoms with E-state index in [0.29, 0.717) is 17.9 Å². The van der Waals surface area contributed by atoms with Crippen LogP contribution in [0.4, 0.5) is 11.5 Å². The molecule has 2 aromatic rings. The highest BCUT2D eigenvalue weighted by atomic mass is 16.6. The second kappa shape index (κ2) is 5.36. The van der Waals surface area contributed by atoms with Crippen LogP contribution < -0.4 is 5.43 Å². The van der Waals surface area contributed by atoms with Crippen LogP contribution in [0.1, 0.15) is 30.4 Å². The van der Waals surface area contributed by atoms with Crippen molar-refractivity contribution in [2.75, 3.05) is 5.43 Å². The molecule has 0 aliphatic heterocycles. The molecular weight excluding hydrogens is 258 g/mol. The topological polar surface area (TPSA) is 77.9 Å². The largest absolute Gasteiger partial charge is 0.335 e. The SMILES string of the molecule is CCCc1nn(C)c(Nn2c(C)ccc2C)c1[N+](=O)[O-]. The Hall–Kier alpha value is -2.31. The van der Waals surface area contributed by atoms with Gasteiger partial charge in [-0.15, -0.1) is 0 Å². The predicted octanol–water partition coefficient (Wildman–Crippen LogP) is 2.57. The van der Waals surface area contributed by atoms with Gasteiger partial charge in [0.15, 0.2) is 0 Å². The first-order valence-electron chi connectivity index (χ1n) is 6.58. The fourth-order valence-corrected chi connectivity index (χ4v) is 2.24. The molecule has 7 nitrogen and oxygen atoms in total. The molecule has 7 heteroatoms. The third-order valence-corrected chi connectivity index (χ3v) is 3.25. The van der Waals surface area contributed by atoms with Crippen LogP contribution in [0.25, 0.3) is 0 Å². The summed E-state index contributed by atoms with van der Waals surface area (Å²) in [4.78, 5) is 11.0. The number of aromatic nitrogens is 3. The Morgan fingerprint density at radius 3 is 2.45 bits per heavy atom. The maximum atomic E-state index is 11.3.